The second-order valence-corrected chi connectivity index (χ2v) is 5.81. The Kier molecular flexibility index (Phi) is 3.24. The van der Waals surface area contributed by atoms with Crippen molar-refractivity contribution in [1.29, 1.82) is 0 Å². The van der Waals surface area contributed by atoms with Crippen LogP contribution in [0.4, 0.5) is 5.69 Å². The molecule has 1 aromatic carbocycles. The molecule has 1 fully saturated rings. The van der Waals surface area contributed by atoms with Crippen molar-refractivity contribution in [2.75, 3.05) is 11.4 Å². The van der Waals surface area contributed by atoms with E-state index in [1.54, 1.807) is 4.90 Å². The zero-order valence-electron chi connectivity index (χ0n) is 11.2. The molecule has 0 radical (unpaired) electrons. The minimum Gasteiger partial charge on any atom is -0.312 e. The Balaban J connectivity index is 2.20. The molecule has 0 atom stereocenters. The van der Waals surface area contributed by atoms with Gasteiger partial charge in [0, 0.05) is 18.7 Å². The normalized spacial score (nSPS) is 17.2. The first kappa shape index (κ1) is 12.8. The summed E-state index contributed by atoms with van der Waals surface area (Å²) in [6.45, 7) is 6.98. The number of hydrogen-bond acceptors (Lipinski definition) is 2. The van der Waals surface area contributed by atoms with Gasteiger partial charge in [-0.05, 0) is 23.1 Å². The van der Waals surface area contributed by atoms with Crippen LogP contribution in [0.3, 0.4) is 0 Å². The lowest BCUT2D eigenvalue weighted by atomic mass is 9.87. The molecule has 96 valence electrons. The standard InChI is InChI=1S/C15H19NO2/c1-15(2,3)11-4-6-12(7-5-11)16-9-8-13(17)10-14(16)18/h4-7H,8-10H2,1-3H3. The fraction of sp³-hybridized carbons (Fsp3) is 0.467. The lowest BCUT2D eigenvalue weighted by molar-refractivity contribution is -0.128. The third-order valence-corrected chi connectivity index (χ3v) is 3.31. The van der Waals surface area contributed by atoms with Gasteiger partial charge < -0.3 is 4.90 Å². The van der Waals surface area contributed by atoms with E-state index in [0.717, 1.165) is 5.69 Å². The molecule has 0 unspecified atom stereocenters. The molecule has 0 spiro atoms. The first-order valence-electron chi connectivity index (χ1n) is 6.30. The second kappa shape index (κ2) is 4.56. The van der Waals surface area contributed by atoms with Crippen molar-refractivity contribution >= 4 is 17.4 Å². The van der Waals surface area contributed by atoms with Gasteiger partial charge in [0.05, 0.1) is 6.42 Å². The van der Waals surface area contributed by atoms with Gasteiger partial charge in [0.2, 0.25) is 5.91 Å². The number of amides is 1. The van der Waals surface area contributed by atoms with Gasteiger partial charge in [0.15, 0.2) is 0 Å². The molecule has 1 amide bonds. The van der Waals surface area contributed by atoms with E-state index >= 15 is 0 Å². The number of nitrogens with zero attached hydrogens (tertiary/aromatic N) is 1. The first-order chi connectivity index (χ1) is 8.38. The topological polar surface area (TPSA) is 37.4 Å². The number of carbonyl (C=O) groups is 2. The minimum absolute atomic E-state index is 0.0427. The number of hydrogen-bond donors (Lipinski definition) is 0. The fourth-order valence-corrected chi connectivity index (χ4v) is 2.13. The van der Waals surface area contributed by atoms with Crippen molar-refractivity contribution in [2.45, 2.75) is 39.0 Å². The molecule has 18 heavy (non-hydrogen) atoms. The van der Waals surface area contributed by atoms with Crippen LogP contribution in [0.25, 0.3) is 0 Å². The van der Waals surface area contributed by atoms with Crippen LogP contribution in [-0.4, -0.2) is 18.2 Å². The predicted octanol–water partition coefficient (Wildman–Crippen LogP) is 2.68. The molecule has 1 aromatic rings. The average molecular weight is 245 g/mol. The van der Waals surface area contributed by atoms with Gasteiger partial charge in [-0.2, -0.15) is 0 Å². The molecule has 1 heterocycles. The Labute approximate surface area is 108 Å². The summed E-state index contributed by atoms with van der Waals surface area (Å²) in [6, 6.07) is 8.04. The van der Waals surface area contributed by atoms with Crippen molar-refractivity contribution in [2.24, 2.45) is 0 Å². The number of benzene rings is 1. The van der Waals surface area contributed by atoms with Crippen LogP contribution in [-0.2, 0) is 15.0 Å². The van der Waals surface area contributed by atoms with Gasteiger partial charge in [0.25, 0.3) is 0 Å². The Morgan fingerprint density at radius 1 is 1.06 bits per heavy atom. The van der Waals surface area contributed by atoms with Gasteiger partial charge in [-0.25, -0.2) is 0 Å². The number of piperidine rings is 1. The Morgan fingerprint density at radius 3 is 2.17 bits per heavy atom. The predicted molar refractivity (Wildman–Crippen MR) is 71.7 cm³/mol. The van der Waals surface area contributed by atoms with Crippen LogP contribution >= 0.6 is 0 Å². The van der Waals surface area contributed by atoms with Crippen LogP contribution in [0.15, 0.2) is 24.3 Å². The Morgan fingerprint density at radius 2 is 1.67 bits per heavy atom. The quantitative estimate of drug-likeness (QED) is 0.713. The molecule has 0 saturated carbocycles. The maximum atomic E-state index is 11.8. The summed E-state index contributed by atoms with van der Waals surface area (Å²) in [7, 11) is 0. The minimum atomic E-state index is -0.0882. The number of carbonyl (C=O) groups excluding carboxylic acids is 2. The molecular weight excluding hydrogens is 226 g/mol. The molecule has 0 N–H and O–H groups in total. The number of ketones is 1. The molecule has 1 saturated heterocycles. The number of rotatable bonds is 1. The molecule has 1 aliphatic rings. The first-order valence-corrected chi connectivity index (χ1v) is 6.30. The maximum Gasteiger partial charge on any atom is 0.234 e. The zero-order chi connectivity index (χ0) is 13.3. The summed E-state index contributed by atoms with van der Waals surface area (Å²) < 4.78 is 0. The molecule has 3 heteroatoms. The summed E-state index contributed by atoms with van der Waals surface area (Å²) in [5, 5.41) is 0. The van der Waals surface area contributed by atoms with E-state index in [1.165, 1.54) is 5.56 Å². The van der Waals surface area contributed by atoms with E-state index in [4.69, 9.17) is 0 Å². The van der Waals surface area contributed by atoms with Crippen LogP contribution in [0, 0.1) is 0 Å². The van der Waals surface area contributed by atoms with E-state index in [-0.39, 0.29) is 23.5 Å². The summed E-state index contributed by atoms with van der Waals surface area (Å²) in [5.41, 5.74) is 2.24. The lowest BCUT2D eigenvalue weighted by Gasteiger charge is -2.27. The fourth-order valence-electron chi connectivity index (χ4n) is 2.13. The molecule has 0 aliphatic carbocycles. The van der Waals surface area contributed by atoms with E-state index < -0.39 is 0 Å². The molecule has 3 nitrogen and oxygen atoms in total. The number of anilines is 1. The summed E-state index contributed by atoms with van der Waals surface area (Å²) in [5.74, 6) is -0.0441. The van der Waals surface area contributed by atoms with Crippen molar-refractivity contribution in [3.8, 4) is 0 Å². The van der Waals surface area contributed by atoms with E-state index in [9.17, 15) is 9.59 Å². The van der Waals surface area contributed by atoms with Crippen molar-refractivity contribution in [3.05, 3.63) is 29.8 Å². The Bertz CT molecular complexity index is 468. The number of Topliss-reactive ketones (excluding diaryl/α,β-unsaturated/α-hetero) is 1. The monoisotopic (exact) mass is 245 g/mol. The molecular formula is C15H19NO2. The zero-order valence-corrected chi connectivity index (χ0v) is 11.2. The van der Waals surface area contributed by atoms with Crippen LogP contribution in [0.1, 0.15) is 39.2 Å². The molecule has 1 aliphatic heterocycles. The van der Waals surface area contributed by atoms with Crippen LogP contribution < -0.4 is 4.90 Å². The van der Waals surface area contributed by atoms with E-state index in [0.29, 0.717) is 13.0 Å². The highest BCUT2D eigenvalue weighted by molar-refractivity contribution is 6.08. The maximum absolute atomic E-state index is 11.8. The molecule has 0 bridgehead atoms. The lowest BCUT2D eigenvalue weighted by Crippen LogP contribution is -2.39. The van der Waals surface area contributed by atoms with Gasteiger partial charge >= 0.3 is 0 Å². The highest BCUT2D eigenvalue weighted by atomic mass is 16.2. The van der Waals surface area contributed by atoms with Gasteiger partial charge in [0.1, 0.15) is 5.78 Å². The molecule has 2 rings (SSSR count). The van der Waals surface area contributed by atoms with Gasteiger partial charge in [-0.1, -0.05) is 32.9 Å². The van der Waals surface area contributed by atoms with Crippen LogP contribution in [0.2, 0.25) is 0 Å². The Hall–Kier alpha value is -1.64. The third kappa shape index (κ3) is 2.61. The summed E-state index contributed by atoms with van der Waals surface area (Å²) in [4.78, 5) is 24.7. The highest BCUT2D eigenvalue weighted by Gasteiger charge is 2.25. The highest BCUT2D eigenvalue weighted by Crippen LogP contribution is 2.26. The van der Waals surface area contributed by atoms with Crippen molar-refractivity contribution in [1.82, 2.24) is 0 Å². The van der Waals surface area contributed by atoms with E-state index in [1.807, 2.05) is 12.1 Å². The van der Waals surface area contributed by atoms with Gasteiger partial charge in [-0.15, -0.1) is 0 Å². The van der Waals surface area contributed by atoms with Crippen molar-refractivity contribution < 1.29 is 9.59 Å². The second-order valence-electron chi connectivity index (χ2n) is 5.81. The van der Waals surface area contributed by atoms with Crippen LogP contribution in [0.5, 0.6) is 0 Å². The average Bonchev–Trinajstić information content (AvgIpc) is 2.28. The smallest absolute Gasteiger partial charge is 0.234 e. The van der Waals surface area contributed by atoms with Crippen molar-refractivity contribution in [3.63, 3.8) is 0 Å². The summed E-state index contributed by atoms with van der Waals surface area (Å²) >= 11 is 0. The van der Waals surface area contributed by atoms with Gasteiger partial charge in [-0.3, -0.25) is 9.59 Å². The SMILES string of the molecule is CC(C)(C)c1ccc(N2CCC(=O)CC2=O)cc1. The molecule has 0 aromatic heterocycles. The third-order valence-electron chi connectivity index (χ3n) is 3.31. The summed E-state index contributed by atoms with van der Waals surface area (Å²) in [6.07, 6.45) is 0.508. The largest absolute Gasteiger partial charge is 0.312 e. The van der Waals surface area contributed by atoms with E-state index in [2.05, 4.69) is 32.9 Å².